The van der Waals surface area contributed by atoms with Gasteiger partial charge in [0.15, 0.2) is 0 Å². The van der Waals surface area contributed by atoms with Crippen LogP contribution in [0, 0.1) is 11.6 Å². The standard InChI is InChI=1S/C28H23F5N4O3/c29-18-9-15(10-19(30)12-18)11-24(36-27(39)40)25-35-23-13-20(34-14-28(31,32)33)5-8-22(23)26(38)37(25)21-6-3-17(4-7-21)16-1-2-16/h3-10,12-13,16,24,34,36H,1-2,11,14H2,(H,39,40)/t24-/m0/s1. The second-order valence-corrected chi connectivity index (χ2v) is 9.66. The second kappa shape index (κ2) is 10.6. The summed E-state index contributed by atoms with van der Waals surface area (Å²) < 4.78 is 67.3. The highest BCUT2D eigenvalue weighted by atomic mass is 19.4. The lowest BCUT2D eigenvalue weighted by atomic mass is 10.0. The van der Waals surface area contributed by atoms with E-state index >= 15 is 0 Å². The largest absolute Gasteiger partial charge is 0.465 e. The van der Waals surface area contributed by atoms with E-state index in [9.17, 15) is 36.6 Å². The number of carboxylic acid groups (broad SMARTS) is 1. The van der Waals surface area contributed by atoms with Gasteiger partial charge in [0.1, 0.15) is 24.0 Å². The monoisotopic (exact) mass is 558 g/mol. The summed E-state index contributed by atoms with van der Waals surface area (Å²) in [6.45, 7) is -1.32. The van der Waals surface area contributed by atoms with Crippen LogP contribution in [0.25, 0.3) is 16.6 Å². The highest BCUT2D eigenvalue weighted by molar-refractivity contribution is 5.82. The van der Waals surface area contributed by atoms with Crippen LogP contribution >= 0.6 is 0 Å². The number of benzene rings is 3. The lowest BCUT2D eigenvalue weighted by Gasteiger charge is -2.22. The van der Waals surface area contributed by atoms with Crippen LogP contribution < -0.4 is 16.2 Å². The van der Waals surface area contributed by atoms with Crippen molar-refractivity contribution in [3.63, 3.8) is 0 Å². The lowest BCUT2D eigenvalue weighted by Crippen LogP contribution is -2.35. The molecule has 208 valence electrons. The number of fused-ring (bicyclic) bond motifs is 1. The molecule has 1 aliphatic rings. The van der Waals surface area contributed by atoms with Gasteiger partial charge in [-0.2, -0.15) is 13.2 Å². The number of nitrogens with zero attached hydrogens (tertiary/aromatic N) is 2. The van der Waals surface area contributed by atoms with Crippen LogP contribution in [0.4, 0.5) is 32.4 Å². The van der Waals surface area contributed by atoms with Crippen LogP contribution in [0.1, 0.15) is 41.8 Å². The Balaban J connectivity index is 1.67. The quantitative estimate of drug-likeness (QED) is 0.228. The van der Waals surface area contributed by atoms with Gasteiger partial charge in [-0.1, -0.05) is 12.1 Å². The maximum absolute atomic E-state index is 13.9. The topological polar surface area (TPSA) is 96.2 Å². The van der Waals surface area contributed by atoms with Gasteiger partial charge in [-0.05, 0) is 72.4 Å². The van der Waals surface area contributed by atoms with Gasteiger partial charge in [-0.15, -0.1) is 0 Å². The Morgan fingerprint density at radius 2 is 1.70 bits per heavy atom. The molecule has 1 atom stereocenters. The Hall–Kier alpha value is -4.48. The first-order valence-corrected chi connectivity index (χ1v) is 12.4. The van der Waals surface area contributed by atoms with E-state index in [1.165, 1.54) is 22.8 Å². The first kappa shape index (κ1) is 27.1. The number of hydrogen-bond acceptors (Lipinski definition) is 4. The molecule has 0 spiro atoms. The molecule has 1 fully saturated rings. The van der Waals surface area contributed by atoms with Gasteiger partial charge < -0.3 is 15.7 Å². The molecule has 3 aromatic carbocycles. The molecule has 0 aliphatic heterocycles. The zero-order valence-corrected chi connectivity index (χ0v) is 20.8. The normalized spacial score (nSPS) is 14.2. The fraction of sp³-hybridized carbons (Fsp3) is 0.250. The third-order valence-corrected chi connectivity index (χ3v) is 6.56. The number of halogens is 5. The van der Waals surface area contributed by atoms with Gasteiger partial charge in [0, 0.05) is 18.2 Å². The van der Waals surface area contributed by atoms with E-state index < -0.39 is 42.0 Å². The highest BCUT2D eigenvalue weighted by Gasteiger charge is 2.28. The first-order chi connectivity index (χ1) is 19.0. The van der Waals surface area contributed by atoms with Gasteiger partial charge >= 0.3 is 12.3 Å². The van der Waals surface area contributed by atoms with Gasteiger partial charge in [-0.3, -0.25) is 9.36 Å². The van der Waals surface area contributed by atoms with Crippen molar-refractivity contribution in [2.24, 2.45) is 0 Å². The van der Waals surface area contributed by atoms with Crippen LogP contribution in [0.2, 0.25) is 0 Å². The summed E-state index contributed by atoms with van der Waals surface area (Å²) in [4.78, 5) is 30.1. The Kier molecular flexibility index (Phi) is 7.17. The lowest BCUT2D eigenvalue weighted by molar-refractivity contribution is -0.115. The van der Waals surface area contributed by atoms with E-state index in [4.69, 9.17) is 0 Å². The Bertz CT molecular complexity index is 1610. The predicted octanol–water partition coefficient (Wildman–Crippen LogP) is 6.07. The number of carbonyl (C=O) groups is 1. The SMILES string of the molecule is O=C(O)N[C@@H](Cc1cc(F)cc(F)c1)c1nc2cc(NCC(F)(F)F)ccc2c(=O)n1-c1ccc(C2CC2)cc1. The molecular weight excluding hydrogens is 535 g/mol. The maximum atomic E-state index is 13.9. The van der Waals surface area contributed by atoms with Crippen molar-refractivity contribution in [1.82, 2.24) is 14.9 Å². The molecule has 7 nitrogen and oxygen atoms in total. The van der Waals surface area contributed by atoms with Gasteiger partial charge in [0.2, 0.25) is 0 Å². The third-order valence-electron chi connectivity index (χ3n) is 6.56. The minimum atomic E-state index is -4.49. The van der Waals surface area contributed by atoms with E-state index in [1.807, 2.05) is 12.1 Å². The summed E-state index contributed by atoms with van der Waals surface area (Å²) in [6, 6.07) is 12.5. The number of amides is 1. The molecule has 0 bridgehead atoms. The Morgan fingerprint density at radius 3 is 2.30 bits per heavy atom. The van der Waals surface area contributed by atoms with Crippen LogP contribution in [0.5, 0.6) is 0 Å². The highest BCUT2D eigenvalue weighted by Crippen LogP contribution is 2.40. The summed E-state index contributed by atoms with van der Waals surface area (Å²) in [6.07, 6.45) is -4.12. The van der Waals surface area contributed by atoms with E-state index in [1.54, 1.807) is 12.1 Å². The smallest absolute Gasteiger partial charge is 0.405 e. The van der Waals surface area contributed by atoms with Gasteiger partial charge in [-0.25, -0.2) is 18.6 Å². The number of nitrogens with one attached hydrogen (secondary N) is 2. The molecule has 1 heterocycles. The van der Waals surface area contributed by atoms with Crippen molar-refractivity contribution in [3.05, 3.63) is 99.6 Å². The molecule has 1 aliphatic carbocycles. The molecule has 5 rings (SSSR count). The minimum Gasteiger partial charge on any atom is -0.465 e. The summed E-state index contributed by atoms with van der Waals surface area (Å²) in [5, 5.41) is 14.2. The first-order valence-electron chi connectivity index (χ1n) is 12.4. The molecule has 0 saturated heterocycles. The van der Waals surface area contributed by atoms with Crippen molar-refractivity contribution in [3.8, 4) is 5.69 Å². The van der Waals surface area contributed by atoms with E-state index in [0.717, 1.165) is 30.5 Å². The van der Waals surface area contributed by atoms with Crippen LogP contribution in [-0.2, 0) is 6.42 Å². The molecule has 1 saturated carbocycles. The van der Waals surface area contributed by atoms with Crippen LogP contribution in [-0.4, -0.2) is 33.5 Å². The summed E-state index contributed by atoms with van der Waals surface area (Å²) >= 11 is 0. The molecule has 0 radical (unpaired) electrons. The number of alkyl halides is 3. The number of aromatic nitrogens is 2. The minimum absolute atomic E-state index is 0.0145. The fourth-order valence-corrected chi connectivity index (χ4v) is 4.63. The molecule has 1 amide bonds. The summed E-state index contributed by atoms with van der Waals surface area (Å²) in [5.74, 6) is -1.41. The summed E-state index contributed by atoms with van der Waals surface area (Å²) in [7, 11) is 0. The van der Waals surface area contributed by atoms with Gasteiger partial charge in [0.25, 0.3) is 5.56 Å². The van der Waals surface area contributed by atoms with Gasteiger partial charge in [0.05, 0.1) is 22.6 Å². The van der Waals surface area contributed by atoms with Crippen molar-refractivity contribution in [2.75, 3.05) is 11.9 Å². The number of hydrogen-bond donors (Lipinski definition) is 3. The molecule has 3 N–H and O–H groups in total. The predicted molar refractivity (Wildman–Crippen MR) is 138 cm³/mol. The molecule has 40 heavy (non-hydrogen) atoms. The molecule has 0 unspecified atom stereocenters. The van der Waals surface area contributed by atoms with Crippen LogP contribution in [0.3, 0.4) is 0 Å². The van der Waals surface area contributed by atoms with E-state index in [0.29, 0.717) is 17.7 Å². The zero-order valence-electron chi connectivity index (χ0n) is 20.8. The molecule has 4 aromatic rings. The number of anilines is 1. The van der Waals surface area contributed by atoms with Crippen molar-refractivity contribution < 1.29 is 31.9 Å². The maximum Gasteiger partial charge on any atom is 0.405 e. The van der Waals surface area contributed by atoms with Crippen molar-refractivity contribution in [1.29, 1.82) is 0 Å². The number of rotatable bonds is 8. The Labute approximate surface area is 224 Å². The van der Waals surface area contributed by atoms with E-state index in [-0.39, 0.29) is 34.4 Å². The second-order valence-electron chi connectivity index (χ2n) is 9.66. The van der Waals surface area contributed by atoms with Crippen LogP contribution in [0.15, 0.2) is 65.5 Å². The zero-order chi connectivity index (χ0) is 28.6. The molecule has 12 heteroatoms. The Morgan fingerprint density at radius 1 is 1.02 bits per heavy atom. The average molecular weight is 559 g/mol. The fourth-order valence-electron chi connectivity index (χ4n) is 4.63. The summed E-state index contributed by atoms with van der Waals surface area (Å²) in [5.41, 5.74) is 1.03. The average Bonchev–Trinajstić information content (AvgIpc) is 3.71. The van der Waals surface area contributed by atoms with Crippen molar-refractivity contribution >= 4 is 22.7 Å². The molecule has 1 aromatic heterocycles. The van der Waals surface area contributed by atoms with E-state index in [2.05, 4.69) is 15.6 Å². The van der Waals surface area contributed by atoms with Crippen molar-refractivity contribution in [2.45, 2.75) is 37.4 Å². The third kappa shape index (κ3) is 6.22. The molecular formula is C28H23F5N4O3.